The van der Waals surface area contributed by atoms with Gasteiger partial charge < -0.3 is 10.1 Å². The van der Waals surface area contributed by atoms with Crippen LogP contribution in [0.3, 0.4) is 0 Å². The van der Waals surface area contributed by atoms with Crippen molar-refractivity contribution in [3.05, 3.63) is 35.4 Å². The molecule has 130 valence electrons. The fraction of sp³-hybridized carbons (Fsp3) is 0.650. The molecule has 2 saturated heterocycles. The molecule has 1 amide bonds. The van der Waals surface area contributed by atoms with Crippen LogP contribution in [0.2, 0.25) is 0 Å². The summed E-state index contributed by atoms with van der Waals surface area (Å²) in [5, 5.41) is 3.16. The van der Waals surface area contributed by atoms with Crippen LogP contribution in [0.1, 0.15) is 36.8 Å². The molecule has 0 radical (unpaired) electrons. The first-order valence-corrected chi connectivity index (χ1v) is 9.38. The monoisotopic (exact) mass is 328 g/mol. The number of rotatable bonds is 5. The lowest BCUT2D eigenvalue weighted by atomic mass is 9.89. The number of benzene rings is 1. The van der Waals surface area contributed by atoms with Gasteiger partial charge in [-0.05, 0) is 44.1 Å². The minimum Gasteiger partial charge on any atom is -0.377 e. The molecule has 3 fully saturated rings. The molecule has 0 unspecified atom stereocenters. The highest BCUT2D eigenvalue weighted by molar-refractivity contribution is 5.79. The van der Waals surface area contributed by atoms with Gasteiger partial charge in [-0.1, -0.05) is 29.8 Å². The number of carbonyl (C=O) groups is 1. The second-order valence-electron chi connectivity index (χ2n) is 7.80. The molecule has 2 aliphatic heterocycles. The van der Waals surface area contributed by atoms with Gasteiger partial charge in [0.25, 0.3) is 0 Å². The number of ether oxygens (including phenoxy) is 1. The molecule has 0 aromatic heterocycles. The number of aryl methyl sites for hydroxylation is 1. The van der Waals surface area contributed by atoms with Gasteiger partial charge >= 0.3 is 0 Å². The quantitative estimate of drug-likeness (QED) is 0.903. The van der Waals surface area contributed by atoms with Gasteiger partial charge in [0.15, 0.2) is 0 Å². The van der Waals surface area contributed by atoms with Crippen molar-refractivity contribution < 1.29 is 9.53 Å². The van der Waals surface area contributed by atoms with Crippen LogP contribution in [-0.2, 0) is 16.1 Å². The third-order valence-electron chi connectivity index (χ3n) is 5.75. The fourth-order valence-electron chi connectivity index (χ4n) is 4.06. The highest BCUT2D eigenvalue weighted by Crippen LogP contribution is 2.33. The lowest BCUT2D eigenvalue weighted by Gasteiger charge is -2.40. The van der Waals surface area contributed by atoms with Crippen LogP contribution in [0.25, 0.3) is 0 Å². The van der Waals surface area contributed by atoms with Crippen LogP contribution < -0.4 is 5.32 Å². The molecule has 1 aliphatic carbocycles. The maximum atomic E-state index is 12.6. The van der Waals surface area contributed by atoms with Gasteiger partial charge in [-0.3, -0.25) is 9.69 Å². The Hall–Kier alpha value is -1.39. The third-order valence-corrected chi connectivity index (χ3v) is 5.75. The van der Waals surface area contributed by atoms with Crippen LogP contribution in [0.5, 0.6) is 0 Å². The van der Waals surface area contributed by atoms with E-state index in [-0.39, 0.29) is 17.9 Å². The zero-order valence-electron chi connectivity index (χ0n) is 14.5. The van der Waals surface area contributed by atoms with Crippen molar-refractivity contribution in [1.82, 2.24) is 10.2 Å². The average Bonchev–Trinajstić information content (AvgIpc) is 3.29. The fourth-order valence-corrected chi connectivity index (χ4v) is 4.06. The summed E-state index contributed by atoms with van der Waals surface area (Å²) in [7, 11) is 0. The van der Waals surface area contributed by atoms with E-state index in [1.807, 2.05) is 0 Å². The molecular weight excluding hydrogens is 300 g/mol. The van der Waals surface area contributed by atoms with E-state index in [9.17, 15) is 4.79 Å². The average molecular weight is 328 g/mol. The van der Waals surface area contributed by atoms with Gasteiger partial charge in [0, 0.05) is 32.3 Å². The van der Waals surface area contributed by atoms with Crippen LogP contribution in [0.4, 0.5) is 0 Å². The van der Waals surface area contributed by atoms with Crippen molar-refractivity contribution in [1.29, 1.82) is 0 Å². The van der Waals surface area contributed by atoms with E-state index in [0.717, 1.165) is 45.0 Å². The summed E-state index contributed by atoms with van der Waals surface area (Å²) in [6.45, 7) is 5.58. The van der Waals surface area contributed by atoms with Gasteiger partial charge in [0.1, 0.15) is 0 Å². The molecule has 24 heavy (non-hydrogen) atoms. The second-order valence-corrected chi connectivity index (χ2v) is 7.80. The highest BCUT2D eigenvalue weighted by Gasteiger charge is 2.42. The SMILES string of the molecule is Cc1ccc(CN2C[C@H](C(=O)NCC3CC3)C[C@@H]3OCC[C@@H]32)cc1. The second kappa shape index (κ2) is 6.85. The Morgan fingerprint density at radius 1 is 1.25 bits per heavy atom. The first kappa shape index (κ1) is 16.1. The van der Waals surface area contributed by atoms with Crippen molar-refractivity contribution in [2.45, 2.75) is 51.3 Å². The van der Waals surface area contributed by atoms with Crippen LogP contribution in [-0.4, -0.2) is 42.6 Å². The molecule has 3 atom stereocenters. The number of amides is 1. The van der Waals surface area contributed by atoms with Crippen LogP contribution >= 0.6 is 0 Å². The number of nitrogens with zero attached hydrogens (tertiary/aromatic N) is 1. The molecule has 4 nitrogen and oxygen atoms in total. The summed E-state index contributed by atoms with van der Waals surface area (Å²) in [4.78, 5) is 15.0. The lowest BCUT2D eigenvalue weighted by Crippen LogP contribution is -2.52. The van der Waals surface area contributed by atoms with Crippen molar-refractivity contribution in [2.24, 2.45) is 11.8 Å². The standard InChI is InChI=1S/C20H28N2O2/c1-14-2-4-16(5-3-14)12-22-13-17(10-19-18(22)8-9-24-19)20(23)21-11-15-6-7-15/h2-5,15,17-19H,6-13H2,1H3,(H,21,23)/t17-,18+,19+/m1/s1. The zero-order valence-corrected chi connectivity index (χ0v) is 14.5. The lowest BCUT2D eigenvalue weighted by molar-refractivity contribution is -0.129. The predicted octanol–water partition coefficient (Wildman–Crippen LogP) is 2.50. The number of carbonyl (C=O) groups excluding carboxylic acids is 1. The van der Waals surface area contributed by atoms with E-state index < -0.39 is 0 Å². The van der Waals surface area contributed by atoms with E-state index in [1.165, 1.54) is 24.0 Å². The van der Waals surface area contributed by atoms with Crippen molar-refractivity contribution in [3.63, 3.8) is 0 Å². The molecule has 0 bridgehead atoms. The Balaban J connectivity index is 1.42. The zero-order chi connectivity index (χ0) is 16.5. The van der Waals surface area contributed by atoms with E-state index in [1.54, 1.807) is 0 Å². The summed E-state index contributed by atoms with van der Waals surface area (Å²) in [5.74, 6) is 1.02. The number of hydrogen-bond donors (Lipinski definition) is 1. The first-order chi connectivity index (χ1) is 11.7. The summed E-state index contributed by atoms with van der Waals surface area (Å²) in [6.07, 6.45) is 4.75. The van der Waals surface area contributed by atoms with E-state index in [2.05, 4.69) is 41.4 Å². The molecule has 1 saturated carbocycles. The van der Waals surface area contributed by atoms with E-state index >= 15 is 0 Å². The van der Waals surface area contributed by atoms with Crippen molar-refractivity contribution >= 4 is 5.91 Å². The molecule has 2 heterocycles. The van der Waals surface area contributed by atoms with Gasteiger partial charge in [-0.15, -0.1) is 0 Å². The summed E-state index contributed by atoms with van der Waals surface area (Å²) in [5.41, 5.74) is 2.61. The summed E-state index contributed by atoms with van der Waals surface area (Å²) < 4.78 is 5.94. The summed E-state index contributed by atoms with van der Waals surface area (Å²) in [6, 6.07) is 9.22. The number of fused-ring (bicyclic) bond motifs is 1. The molecule has 4 rings (SSSR count). The number of hydrogen-bond acceptors (Lipinski definition) is 3. The number of piperidine rings is 1. The largest absolute Gasteiger partial charge is 0.377 e. The minimum atomic E-state index is 0.0635. The van der Waals surface area contributed by atoms with Gasteiger partial charge in [0.05, 0.1) is 12.0 Å². The van der Waals surface area contributed by atoms with Crippen LogP contribution in [0, 0.1) is 18.8 Å². The Bertz CT molecular complexity index is 582. The minimum absolute atomic E-state index is 0.0635. The normalized spacial score (nSPS) is 30.1. The molecule has 1 aromatic rings. The van der Waals surface area contributed by atoms with Crippen molar-refractivity contribution in [3.8, 4) is 0 Å². The van der Waals surface area contributed by atoms with Gasteiger partial charge in [0.2, 0.25) is 5.91 Å². The van der Waals surface area contributed by atoms with Gasteiger partial charge in [-0.25, -0.2) is 0 Å². The third kappa shape index (κ3) is 3.65. The highest BCUT2D eigenvalue weighted by atomic mass is 16.5. The Morgan fingerprint density at radius 2 is 2.04 bits per heavy atom. The Kier molecular flexibility index (Phi) is 4.59. The Morgan fingerprint density at radius 3 is 2.79 bits per heavy atom. The predicted molar refractivity (Wildman–Crippen MR) is 93.6 cm³/mol. The topological polar surface area (TPSA) is 41.6 Å². The molecule has 0 spiro atoms. The molecule has 1 aromatic carbocycles. The number of nitrogens with one attached hydrogen (secondary N) is 1. The molecule has 4 heteroatoms. The Labute approximate surface area is 144 Å². The van der Waals surface area contributed by atoms with E-state index in [4.69, 9.17) is 4.74 Å². The van der Waals surface area contributed by atoms with Crippen molar-refractivity contribution in [2.75, 3.05) is 19.7 Å². The maximum absolute atomic E-state index is 12.6. The summed E-state index contributed by atoms with van der Waals surface area (Å²) >= 11 is 0. The number of likely N-dealkylation sites (tertiary alicyclic amines) is 1. The van der Waals surface area contributed by atoms with Crippen LogP contribution in [0.15, 0.2) is 24.3 Å². The molecule has 3 aliphatic rings. The van der Waals surface area contributed by atoms with Gasteiger partial charge in [-0.2, -0.15) is 0 Å². The smallest absolute Gasteiger partial charge is 0.224 e. The molecular formula is C20H28N2O2. The van der Waals surface area contributed by atoms with E-state index in [0.29, 0.717) is 6.04 Å². The maximum Gasteiger partial charge on any atom is 0.224 e. The molecule has 1 N–H and O–H groups in total. The first-order valence-electron chi connectivity index (χ1n) is 9.38.